The van der Waals surface area contributed by atoms with E-state index in [1.807, 2.05) is 0 Å². The van der Waals surface area contributed by atoms with Crippen LogP contribution in [0.5, 0.6) is 0 Å². The van der Waals surface area contributed by atoms with Crippen molar-refractivity contribution in [1.82, 2.24) is 0 Å². The molecule has 1 aliphatic carbocycles. The molecule has 0 aromatic heterocycles. The lowest BCUT2D eigenvalue weighted by Gasteiger charge is -2.10. The molecule has 0 N–H and O–H groups in total. The van der Waals surface area contributed by atoms with Crippen LogP contribution in [0, 0.1) is 5.92 Å². The fraction of sp³-hybridized carbons (Fsp3) is 0.250. The summed E-state index contributed by atoms with van der Waals surface area (Å²) < 4.78 is 0. The van der Waals surface area contributed by atoms with Crippen molar-refractivity contribution in [3.05, 3.63) is 24.3 Å². The summed E-state index contributed by atoms with van der Waals surface area (Å²) >= 11 is 10.7. The maximum atomic E-state index is 11.1. The second-order valence-electron chi connectivity index (χ2n) is 2.33. The Bertz CT molecular complexity index is 266. The third-order valence-electron chi connectivity index (χ3n) is 1.50. The van der Waals surface area contributed by atoms with E-state index in [-0.39, 0.29) is 5.78 Å². The topological polar surface area (TPSA) is 34.1 Å². The lowest BCUT2D eigenvalue weighted by Crippen LogP contribution is -2.26. The maximum Gasteiger partial charge on any atom is 0.180 e. The SMILES string of the molecule is O=C1C=CC=CC1C(=O)C(Cl)Cl. The summed E-state index contributed by atoms with van der Waals surface area (Å²) in [5.74, 6) is -1.53. The molecule has 0 saturated carbocycles. The van der Waals surface area contributed by atoms with Crippen LogP contribution in [0.3, 0.4) is 0 Å². The van der Waals surface area contributed by atoms with E-state index in [1.165, 1.54) is 12.2 Å². The first-order chi connectivity index (χ1) is 5.63. The van der Waals surface area contributed by atoms with Gasteiger partial charge in [0.1, 0.15) is 5.92 Å². The van der Waals surface area contributed by atoms with E-state index in [9.17, 15) is 9.59 Å². The molecule has 0 aliphatic heterocycles. The zero-order valence-corrected chi connectivity index (χ0v) is 7.55. The molecule has 4 heteroatoms. The van der Waals surface area contributed by atoms with E-state index in [0.29, 0.717) is 0 Å². The molecule has 0 heterocycles. The van der Waals surface area contributed by atoms with Crippen LogP contribution in [0.25, 0.3) is 0 Å². The molecule has 0 saturated heterocycles. The Morgan fingerprint density at radius 3 is 2.58 bits per heavy atom. The minimum atomic E-state index is -1.13. The molecule has 2 nitrogen and oxygen atoms in total. The van der Waals surface area contributed by atoms with Crippen LogP contribution in [0.2, 0.25) is 0 Å². The van der Waals surface area contributed by atoms with Crippen molar-refractivity contribution in [3.63, 3.8) is 0 Å². The number of hydrogen-bond acceptors (Lipinski definition) is 2. The Kier molecular flexibility index (Phi) is 3.06. The van der Waals surface area contributed by atoms with E-state index < -0.39 is 16.5 Å². The minimum absolute atomic E-state index is 0.270. The van der Waals surface area contributed by atoms with Crippen LogP contribution in [-0.4, -0.2) is 16.4 Å². The van der Waals surface area contributed by atoms with Crippen LogP contribution in [0.4, 0.5) is 0 Å². The van der Waals surface area contributed by atoms with Gasteiger partial charge in [0.05, 0.1) is 0 Å². The van der Waals surface area contributed by atoms with Crippen molar-refractivity contribution in [2.75, 3.05) is 0 Å². The van der Waals surface area contributed by atoms with E-state index in [1.54, 1.807) is 12.2 Å². The van der Waals surface area contributed by atoms with Crippen molar-refractivity contribution in [3.8, 4) is 0 Å². The van der Waals surface area contributed by atoms with E-state index in [4.69, 9.17) is 23.2 Å². The van der Waals surface area contributed by atoms with Gasteiger partial charge in [-0.05, 0) is 6.08 Å². The monoisotopic (exact) mass is 204 g/mol. The van der Waals surface area contributed by atoms with Crippen molar-refractivity contribution < 1.29 is 9.59 Å². The lowest BCUT2D eigenvalue weighted by atomic mass is 9.96. The zero-order valence-electron chi connectivity index (χ0n) is 6.04. The van der Waals surface area contributed by atoms with E-state index in [0.717, 1.165) is 0 Å². The highest BCUT2D eigenvalue weighted by Gasteiger charge is 2.27. The van der Waals surface area contributed by atoms with Crippen LogP contribution in [0.15, 0.2) is 24.3 Å². The Morgan fingerprint density at radius 1 is 1.42 bits per heavy atom. The first-order valence-corrected chi connectivity index (χ1v) is 4.21. The number of carbonyl (C=O) groups excluding carboxylic acids is 2. The summed E-state index contributed by atoms with van der Waals surface area (Å²) in [6, 6.07) is 0. The summed E-state index contributed by atoms with van der Waals surface area (Å²) in [6.45, 7) is 0. The molecule has 1 atom stereocenters. The lowest BCUT2D eigenvalue weighted by molar-refractivity contribution is -0.127. The molecule has 0 aromatic carbocycles. The molecular weight excluding hydrogens is 199 g/mol. The van der Waals surface area contributed by atoms with Gasteiger partial charge in [-0.15, -0.1) is 0 Å². The largest absolute Gasteiger partial charge is 0.295 e. The molecule has 0 amide bonds. The summed E-state index contributed by atoms with van der Waals surface area (Å²) in [4.78, 5) is 21.1. The van der Waals surface area contributed by atoms with Gasteiger partial charge in [-0.25, -0.2) is 0 Å². The van der Waals surface area contributed by atoms with Gasteiger partial charge in [-0.3, -0.25) is 9.59 Å². The van der Waals surface area contributed by atoms with E-state index in [2.05, 4.69) is 0 Å². The highest BCUT2D eigenvalue weighted by Crippen LogP contribution is 2.16. The van der Waals surface area contributed by atoms with Gasteiger partial charge in [0.15, 0.2) is 16.4 Å². The average molecular weight is 205 g/mol. The van der Waals surface area contributed by atoms with Crippen LogP contribution < -0.4 is 0 Å². The molecular formula is C8H6Cl2O2. The van der Waals surface area contributed by atoms with Gasteiger partial charge in [0.25, 0.3) is 0 Å². The average Bonchev–Trinajstić information content (AvgIpc) is 2.04. The number of rotatable bonds is 2. The third-order valence-corrected chi connectivity index (χ3v) is 1.93. The van der Waals surface area contributed by atoms with Crippen LogP contribution >= 0.6 is 23.2 Å². The minimum Gasteiger partial charge on any atom is -0.295 e. The quantitative estimate of drug-likeness (QED) is 0.507. The number of halogens is 2. The summed E-state index contributed by atoms with van der Waals surface area (Å²) in [7, 11) is 0. The van der Waals surface area contributed by atoms with Gasteiger partial charge < -0.3 is 0 Å². The Hall–Kier alpha value is -0.600. The summed E-state index contributed by atoms with van der Waals surface area (Å²) in [6.07, 6.45) is 6.02. The Labute approximate surface area is 79.8 Å². The van der Waals surface area contributed by atoms with Crippen LogP contribution in [0.1, 0.15) is 0 Å². The van der Waals surface area contributed by atoms with Gasteiger partial charge in [0, 0.05) is 0 Å². The second kappa shape index (κ2) is 3.87. The predicted molar refractivity (Wildman–Crippen MR) is 47.3 cm³/mol. The van der Waals surface area contributed by atoms with Crippen molar-refractivity contribution >= 4 is 34.8 Å². The maximum absolute atomic E-state index is 11.1. The standard InChI is InChI=1S/C8H6Cl2O2/c9-8(10)7(12)5-3-1-2-4-6(5)11/h1-5,8H. The highest BCUT2D eigenvalue weighted by atomic mass is 35.5. The molecule has 1 rings (SSSR count). The van der Waals surface area contributed by atoms with Gasteiger partial charge in [-0.1, -0.05) is 41.4 Å². The Morgan fingerprint density at radius 2 is 2.08 bits per heavy atom. The van der Waals surface area contributed by atoms with Gasteiger partial charge in [-0.2, -0.15) is 0 Å². The highest BCUT2D eigenvalue weighted by molar-refractivity contribution is 6.54. The fourth-order valence-corrected chi connectivity index (χ4v) is 1.17. The van der Waals surface area contributed by atoms with Gasteiger partial charge in [0.2, 0.25) is 0 Å². The summed E-state index contributed by atoms with van der Waals surface area (Å²) in [5, 5.41) is 0. The number of alkyl halides is 2. The first kappa shape index (κ1) is 9.49. The number of allylic oxidation sites excluding steroid dienone is 4. The summed E-state index contributed by atoms with van der Waals surface area (Å²) in [5.41, 5.74) is 0. The van der Waals surface area contributed by atoms with Gasteiger partial charge >= 0.3 is 0 Å². The molecule has 0 aromatic rings. The number of Topliss-reactive ketones (excluding diaryl/α,β-unsaturated/α-hetero) is 1. The fourth-order valence-electron chi connectivity index (χ4n) is 0.895. The normalized spacial score (nSPS) is 21.9. The van der Waals surface area contributed by atoms with Crippen LogP contribution in [-0.2, 0) is 9.59 Å². The smallest absolute Gasteiger partial charge is 0.180 e. The molecule has 0 spiro atoms. The molecule has 0 radical (unpaired) electrons. The van der Waals surface area contributed by atoms with Crippen molar-refractivity contribution in [2.45, 2.75) is 4.84 Å². The number of carbonyl (C=O) groups is 2. The van der Waals surface area contributed by atoms with E-state index >= 15 is 0 Å². The van der Waals surface area contributed by atoms with Crippen molar-refractivity contribution in [1.29, 1.82) is 0 Å². The second-order valence-corrected chi connectivity index (χ2v) is 3.42. The zero-order chi connectivity index (χ0) is 9.14. The predicted octanol–water partition coefficient (Wildman–Crippen LogP) is 1.67. The van der Waals surface area contributed by atoms with Crippen molar-refractivity contribution in [2.24, 2.45) is 5.92 Å². The first-order valence-electron chi connectivity index (χ1n) is 3.33. The molecule has 1 unspecified atom stereocenters. The molecule has 0 bridgehead atoms. The number of hydrogen-bond donors (Lipinski definition) is 0. The molecule has 0 fully saturated rings. The molecule has 1 aliphatic rings. The Balaban J connectivity index is 2.76. The molecule has 12 heavy (non-hydrogen) atoms. The number of ketones is 2. The third kappa shape index (κ3) is 1.96. The molecule has 64 valence electrons.